The molecule has 0 spiro atoms. The SMILES string of the molecule is CCCCCCC1=C(C(C)=O)Cc2cc(C(C)CC)cc(C(C)CC)c2O1. The molecular formula is C25H38O2. The van der Waals surface area contributed by atoms with Crippen LogP contribution in [-0.2, 0) is 11.2 Å². The van der Waals surface area contributed by atoms with E-state index in [1.54, 1.807) is 6.92 Å². The second-order valence-corrected chi connectivity index (χ2v) is 8.26. The molecule has 2 rings (SSSR count). The standard InChI is InChI=1S/C25H38O2/c1-7-10-11-12-13-24-23(19(6)26)16-21-14-20(17(4)8-2)15-22(18(5)9-3)25(21)27-24/h14-15,17-18H,7-13,16H2,1-6H3. The van der Waals surface area contributed by atoms with E-state index >= 15 is 0 Å². The van der Waals surface area contributed by atoms with Gasteiger partial charge in [0.05, 0.1) is 0 Å². The van der Waals surface area contributed by atoms with Crippen LogP contribution in [0.25, 0.3) is 0 Å². The van der Waals surface area contributed by atoms with Gasteiger partial charge in [0.15, 0.2) is 5.78 Å². The minimum absolute atomic E-state index is 0.158. The van der Waals surface area contributed by atoms with Gasteiger partial charge in [-0.15, -0.1) is 0 Å². The maximum absolute atomic E-state index is 12.3. The number of fused-ring (bicyclic) bond motifs is 1. The van der Waals surface area contributed by atoms with Crippen molar-refractivity contribution in [2.45, 2.75) is 105 Å². The Morgan fingerprint density at radius 1 is 1.04 bits per heavy atom. The molecule has 2 nitrogen and oxygen atoms in total. The van der Waals surface area contributed by atoms with E-state index in [1.165, 1.54) is 36.0 Å². The molecule has 1 aromatic rings. The number of hydrogen-bond acceptors (Lipinski definition) is 2. The molecule has 2 atom stereocenters. The van der Waals surface area contributed by atoms with Gasteiger partial charge in [0.25, 0.3) is 0 Å². The van der Waals surface area contributed by atoms with Crippen LogP contribution in [-0.4, -0.2) is 5.78 Å². The van der Waals surface area contributed by atoms with E-state index in [-0.39, 0.29) is 5.78 Å². The highest BCUT2D eigenvalue weighted by molar-refractivity contribution is 5.94. The number of benzene rings is 1. The number of ketones is 1. The van der Waals surface area contributed by atoms with Crippen molar-refractivity contribution in [3.63, 3.8) is 0 Å². The van der Waals surface area contributed by atoms with Crippen molar-refractivity contribution in [1.29, 1.82) is 0 Å². The molecule has 0 radical (unpaired) electrons. The molecule has 0 bridgehead atoms. The lowest BCUT2D eigenvalue weighted by atomic mass is 9.85. The van der Waals surface area contributed by atoms with E-state index in [4.69, 9.17) is 4.74 Å². The Bertz CT molecular complexity index is 684. The molecular weight excluding hydrogens is 332 g/mol. The van der Waals surface area contributed by atoms with Crippen molar-refractivity contribution in [2.75, 3.05) is 0 Å². The molecule has 0 amide bonds. The largest absolute Gasteiger partial charge is 0.461 e. The Morgan fingerprint density at radius 3 is 2.33 bits per heavy atom. The van der Waals surface area contributed by atoms with E-state index in [9.17, 15) is 4.79 Å². The van der Waals surface area contributed by atoms with Gasteiger partial charge in [0, 0.05) is 18.4 Å². The highest BCUT2D eigenvalue weighted by Crippen LogP contribution is 2.41. The molecule has 0 aliphatic carbocycles. The number of carbonyl (C=O) groups excluding carboxylic acids is 1. The fourth-order valence-corrected chi connectivity index (χ4v) is 3.81. The molecule has 1 aliphatic heterocycles. The lowest BCUT2D eigenvalue weighted by Gasteiger charge is -2.28. The summed E-state index contributed by atoms with van der Waals surface area (Å²) >= 11 is 0. The van der Waals surface area contributed by atoms with E-state index in [0.717, 1.165) is 49.2 Å². The molecule has 150 valence electrons. The van der Waals surface area contributed by atoms with Crippen LogP contribution >= 0.6 is 0 Å². The quantitative estimate of drug-likeness (QED) is 0.399. The molecule has 1 aromatic carbocycles. The molecule has 0 saturated carbocycles. The summed E-state index contributed by atoms with van der Waals surface area (Å²) in [5.74, 6) is 3.10. The Hall–Kier alpha value is -1.57. The Labute approximate surface area is 166 Å². The van der Waals surface area contributed by atoms with E-state index in [0.29, 0.717) is 11.8 Å². The Kier molecular flexibility index (Phi) is 8.13. The smallest absolute Gasteiger partial charge is 0.159 e. The molecule has 0 aromatic heterocycles. The molecule has 2 heteroatoms. The average molecular weight is 371 g/mol. The average Bonchev–Trinajstić information content (AvgIpc) is 2.68. The Morgan fingerprint density at radius 2 is 1.74 bits per heavy atom. The first-order valence-corrected chi connectivity index (χ1v) is 11.0. The van der Waals surface area contributed by atoms with Crippen LogP contribution in [0.4, 0.5) is 0 Å². The highest BCUT2D eigenvalue weighted by atomic mass is 16.5. The molecule has 2 unspecified atom stereocenters. The van der Waals surface area contributed by atoms with Crippen molar-refractivity contribution in [2.24, 2.45) is 0 Å². The van der Waals surface area contributed by atoms with Crippen molar-refractivity contribution < 1.29 is 9.53 Å². The summed E-state index contributed by atoms with van der Waals surface area (Å²) < 4.78 is 6.47. The van der Waals surface area contributed by atoms with Gasteiger partial charge in [0.2, 0.25) is 0 Å². The second-order valence-electron chi connectivity index (χ2n) is 8.26. The molecule has 27 heavy (non-hydrogen) atoms. The van der Waals surface area contributed by atoms with Crippen LogP contribution in [0.2, 0.25) is 0 Å². The predicted octanol–water partition coefficient (Wildman–Crippen LogP) is 7.46. The van der Waals surface area contributed by atoms with Crippen LogP contribution in [0.1, 0.15) is 115 Å². The van der Waals surface area contributed by atoms with Crippen molar-refractivity contribution in [3.05, 3.63) is 40.2 Å². The summed E-state index contributed by atoms with van der Waals surface area (Å²) in [5, 5.41) is 0. The van der Waals surface area contributed by atoms with Crippen LogP contribution in [0.5, 0.6) is 5.75 Å². The molecule has 0 fully saturated rings. The van der Waals surface area contributed by atoms with Crippen LogP contribution < -0.4 is 4.74 Å². The van der Waals surface area contributed by atoms with Gasteiger partial charge in [0.1, 0.15) is 11.5 Å². The summed E-state index contributed by atoms with van der Waals surface area (Å²) in [7, 11) is 0. The molecule has 1 heterocycles. The summed E-state index contributed by atoms with van der Waals surface area (Å²) in [6.07, 6.45) is 8.58. The van der Waals surface area contributed by atoms with E-state index < -0.39 is 0 Å². The summed E-state index contributed by atoms with van der Waals surface area (Å²) in [6, 6.07) is 4.64. The third-order valence-corrected chi connectivity index (χ3v) is 6.15. The fraction of sp³-hybridized carbons (Fsp3) is 0.640. The minimum Gasteiger partial charge on any atom is -0.461 e. The van der Waals surface area contributed by atoms with Gasteiger partial charge >= 0.3 is 0 Å². The second kappa shape index (κ2) is 10.1. The first-order chi connectivity index (χ1) is 12.9. The zero-order valence-corrected chi connectivity index (χ0v) is 18.3. The zero-order valence-electron chi connectivity index (χ0n) is 18.3. The van der Waals surface area contributed by atoms with E-state index in [2.05, 4.69) is 46.8 Å². The molecule has 0 N–H and O–H groups in total. The summed E-state index contributed by atoms with van der Waals surface area (Å²) in [4.78, 5) is 12.3. The van der Waals surface area contributed by atoms with Crippen LogP contribution in [0.3, 0.4) is 0 Å². The van der Waals surface area contributed by atoms with Gasteiger partial charge in [-0.2, -0.15) is 0 Å². The summed E-state index contributed by atoms with van der Waals surface area (Å²) in [6.45, 7) is 12.9. The Balaban J connectivity index is 2.41. The van der Waals surface area contributed by atoms with Gasteiger partial charge in [-0.1, -0.05) is 66.0 Å². The first kappa shape index (κ1) is 21.7. The van der Waals surface area contributed by atoms with Crippen molar-refractivity contribution in [3.8, 4) is 5.75 Å². The number of Topliss-reactive ketones (excluding diaryl/α,β-unsaturated/α-hetero) is 1. The molecule has 0 saturated heterocycles. The van der Waals surface area contributed by atoms with Crippen LogP contribution in [0.15, 0.2) is 23.5 Å². The minimum atomic E-state index is 0.158. The number of hydrogen-bond donors (Lipinski definition) is 0. The van der Waals surface area contributed by atoms with Gasteiger partial charge < -0.3 is 4.74 Å². The topological polar surface area (TPSA) is 26.3 Å². The zero-order chi connectivity index (χ0) is 20.0. The predicted molar refractivity (Wildman–Crippen MR) is 115 cm³/mol. The number of unbranched alkanes of at least 4 members (excludes halogenated alkanes) is 3. The number of allylic oxidation sites excluding steroid dienone is 2. The fourth-order valence-electron chi connectivity index (χ4n) is 3.81. The monoisotopic (exact) mass is 370 g/mol. The van der Waals surface area contributed by atoms with Crippen LogP contribution in [0, 0.1) is 0 Å². The normalized spacial score (nSPS) is 15.9. The third kappa shape index (κ3) is 5.24. The van der Waals surface area contributed by atoms with Gasteiger partial charge in [-0.25, -0.2) is 0 Å². The third-order valence-electron chi connectivity index (χ3n) is 6.15. The summed E-state index contributed by atoms with van der Waals surface area (Å²) in [5.41, 5.74) is 4.78. The lowest BCUT2D eigenvalue weighted by molar-refractivity contribution is -0.113. The van der Waals surface area contributed by atoms with Crippen molar-refractivity contribution in [1.82, 2.24) is 0 Å². The highest BCUT2D eigenvalue weighted by Gasteiger charge is 2.27. The van der Waals surface area contributed by atoms with Gasteiger partial charge in [-0.3, -0.25) is 4.79 Å². The lowest BCUT2D eigenvalue weighted by Crippen LogP contribution is -2.18. The number of ether oxygens (including phenoxy) is 1. The van der Waals surface area contributed by atoms with Crippen molar-refractivity contribution >= 4 is 5.78 Å². The first-order valence-electron chi connectivity index (χ1n) is 11.0. The van der Waals surface area contributed by atoms with Gasteiger partial charge in [-0.05, 0) is 54.7 Å². The number of carbonyl (C=O) groups is 1. The number of rotatable bonds is 10. The maximum Gasteiger partial charge on any atom is 0.159 e. The molecule has 1 aliphatic rings. The maximum atomic E-state index is 12.3. The van der Waals surface area contributed by atoms with E-state index in [1.807, 2.05) is 0 Å².